The van der Waals surface area contributed by atoms with Crippen molar-refractivity contribution in [3.63, 3.8) is 0 Å². The van der Waals surface area contributed by atoms with Gasteiger partial charge in [-0.1, -0.05) is 26.2 Å². The largest absolute Gasteiger partial charge is 0.477 e. The zero-order chi connectivity index (χ0) is 13.8. The molecule has 2 unspecified atom stereocenters. The Kier molecular flexibility index (Phi) is 4.19. The lowest BCUT2D eigenvalue weighted by Gasteiger charge is -2.31. The molecule has 104 valence electrons. The number of carboxylic acid groups (broad SMARTS) is 1. The van der Waals surface area contributed by atoms with Gasteiger partial charge in [-0.3, -0.25) is 4.79 Å². The molecule has 1 heterocycles. The molecule has 19 heavy (non-hydrogen) atoms. The Balaban J connectivity index is 2.07. The van der Waals surface area contributed by atoms with Crippen LogP contribution >= 0.6 is 0 Å². The van der Waals surface area contributed by atoms with Crippen molar-refractivity contribution in [3.05, 3.63) is 17.7 Å². The predicted molar refractivity (Wildman–Crippen MR) is 69.1 cm³/mol. The Hall–Kier alpha value is -1.85. The van der Waals surface area contributed by atoms with Gasteiger partial charge in [-0.05, 0) is 18.8 Å². The van der Waals surface area contributed by atoms with E-state index in [4.69, 9.17) is 5.11 Å². The molecule has 0 aromatic carbocycles. The van der Waals surface area contributed by atoms with Crippen molar-refractivity contribution in [1.29, 1.82) is 0 Å². The molecular formula is C13H19N3O3. The molecule has 3 N–H and O–H groups in total. The molecule has 1 aromatic heterocycles. The maximum absolute atomic E-state index is 12.1. The van der Waals surface area contributed by atoms with Crippen LogP contribution < -0.4 is 5.32 Å². The van der Waals surface area contributed by atoms with Crippen molar-refractivity contribution >= 4 is 11.9 Å². The first-order chi connectivity index (χ1) is 9.13. The van der Waals surface area contributed by atoms with E-state index in [1.165, 1.54) is 12.7 Å². The SMILES string of the molecule is CCC1CCCCC1NC(=O)c1nc[nH]c1C(=O)O. The molecule has 2 atom stereocenters. The first-order valence-electron chi connectivity index (χ1n) is 6.71. The number of hydrogen-bond acceptors (Lipinski definition) is 3. The normalized spacial score (nSPS) is 23.0. The summed E-state index contributed by atoms with van der Waals surface area (Å²) in [6.45, 7) is 2.12. The second-order valence-electron chi connectivity index (χ2n) is 4.96. The highest BCUT2D eigenvalue weighted by Crippen LogP contribution is 2.27. The number of carbonyl (C=O) groups is 2. The lowest BCUT2D eigenvalue weighted by Crippen LogP contribution is -2.42. The van der Waals surface area contributed by atoms with Crippen LogP contribution in [0, 0.1) is 5.92 Å². The van der Waals surface area contributed by atoms with Crippen LogP contribution in [-0.2, 0) is 0 Å². The van der Waals surface area contributed by atoms with Gasteiger partial charge in [0.25, 0.3) is 5.91 Å². The van der Waals surface area contributed by atoms with Crippen LogP contribution in [-0.4, -0.2) is 33.0 Å². The monoisotopic (exact) mass is 265 g/mol. The number of H-pyrrole nitrogens is 1. The molecule has 0 bridgehead atoms. The number of carbonyl (C=O) groups excluding carboxylic acids is 1. The summed E-state index contributed by atoms with van der Waals surface area (Å²) in [5, 5.41) is 11.9. The lowest BCUT2D eigenvalue weighted by molar-refractivity contribution is 0.0683. The third-order valence-electron chi connectivity index (χ3n) is 3.82. The van der Waals surface area contributed by atoms with Crippen LogP contribution in [0.3, 0.4) is 0 Å². The average Bonchev–Trinajstić information content (AvgIpc) is 2.88. The fraction of sp³-hybridized carbons (Fsp3) is 0.615. The summed E-state index contributed by atoms with van der Waals surface area (Å²) in [7, 11) is 0. The van der Waals surface area contributed by atoms with Crippen LogP contribution in [0.5, 0.6) is 0 Å². The van der Waals surface area contributed by atoms with E-state index in [-0.39, 0.29) is 17.4 Å². The van der Waals surface area contributed by atoms with Crippen LogP contribution in [0.25, 0.3) is 0 Å². The van der Waals surface area contributed by atoms with E-state index in [1.54, 1.807) is 0 Å². The Morgan fingerprint density at radius 3 is 2.89 bits per heavy atom. The van der Waals surface area contributed by atoms with Gasteiger partial charge >= 0.3 is 5.97 Å². The fourth-order valence-corrected chi connectivity index (χ4v) is 2.75. The summed E-state index contributed by atoms with van der Waals surface area (Å²) < 4.78 is 0. The number of nitrogens with zero attached hydrogens (tertiary/aromatic N) is 1. The number of aromatic carboxylic acids is 1. The summed E-state index contributed by atoms with van der Waals surface area (Å²) in [6, 6.07) is 0.129. The molecule has 1 aliphatic carbocycles. The summed E-state index contributed by atoms with van der Waals surface area (Å²) in [4.78, 5) is 29.3. The minimum atomic E-state index is -1.17. The maximum atomic E-state index is 12.1. The quantitative estimate of drug-likeness (QED) is 0.773. The van der Waals surface area contributed by atoms with E-state index in [0.717, 1.165) is 25.7 Å². The van der Waals surface area contributed by atoms with Gasteiger partial charge in [0.15, 0.2) is 11.4 Å². The van der Waals surface area contributed by atoms with Crippen molar-refractivity contribution in [2.45, 2.75) is 45.1 Å². The van der Waals surface area contributed by atoms with Crippen molar-refractivity contribution in [3.8, 4) is 0 Å². The number of nitrogens with one attached hydrogen (secondary N) is 2. The summed E-state index contributed by atoms with van der Waals surface area (Å²) in [6.07, 6.45) is 6.64. The molecule has 6 nitrogen and oxygen atoms in total. The number of rotatable bonds is 4. The molecule has 1 aliphatic rings. The molecule has 0 spiro atoms. The number of imidazole rings is 1. The third kappa shape index (κ3) is 2.94. The van der Waals surface area contributed by atoms with Gasteiger partial charge in [0.05, 0.1) is 6.33 Å². The molecule has 1 amide bonds. The summed E-state index contributed by atoms with van der Waals surface area (Å²) >= 11 is 0. The molecule has 0 aliphatic heterocycles. The molecule has 1 aromatic rings. The minimum Gasteiger partial charge on any atom is -0.477 e. The number of carboxylic acids is 1. The zero-order valence-electron chi connectivity index (χ0n) is 11.0. The molecule has 6 heteroatoms. The Bertz CT molecular complexity index is 469. The fourth-order valence-electron chi connectivity index (χ4n) is 2.75. The first-order valence-corrected chi connectivity index (χ1v) is 6.71. The van der Waals surface area contributed by atoms with Gasteiger partial charge in [0, 0.05) is 6.04 Å². The summed E-state index contributed by atoms with van der Waals surface area (Å²) in [5.41, 5.74) is -0.186. The van der Waals surface area contributed by atoms with E-state index in [0.29, 0.717) is 5.92 Å². The highest BCUT2D eigenvalue weighted by molar-refractivity contribution is 6.02. The van der Waals surface area contributed by atoms with Gasteiger partial charge in [-0.15, -0.1) is 0 Å². The van der Waals surface area contributed by atoms with Crippen molar-refractivity contribution < 1.29 is 14.7 Å². The highest BCUT2D eigenvalue weighted by atomic mass is 16.4. The van der Waals surface area contributed by atoms with E-state index < -0.39 is 11.9 Å². The molecule has 2 rings (SSSR count). The van der Waals surface area contributed by atoms with Crippen molar-refractivity contribution in [1.82, 2.24) is 15.3 Å². The van der Waals surface area contributed by atoms with Crippen LogP contribution in [0.2, 0.25) is 0 Å². The lowest BCUT2D eigenvalue weighted by atomic mass is 9.83. The Morgan fingerprint density at radius 2 is 2.21 bits per heavy atom. The van der Waals surface area contributed by atoms with Crippen molar-refractivity contribution in [2.24, 2.45) is 5.92 Å². The van der Waals surface area contributed by atoms with E-state index in [9.17, 15) is 9.59 Å². The molecule has 0 radical (unpaired) electrons. The number of amides is 1. The Morgan fingerprint density at radius 1 is 1.47 bits per heavy atom. The average molecular weight is 265 g/mol. The van der Waals surface area contributed by atoms with Crippen LogP contribution in [0.4, 0.5) is 0 Å². The molecule has 1 saturated carbocycles. The number of aromatic amines is 1. The van der Waals surface area contributed by atoms with E-state index >= 15 is 0 Å². The minimum absolute atomic E-state index is 0.0343. The zero-order valence-corrected chi connectivity index (χ0v) is 11.0. The van der Waals surface area contributed by atoms with Crippen molar-refractivity contribution in [2.75, 3.05) is 0 Å². The predicted octanol–water partition coefficient (Wildman–Crippen LogP) is 1.81. The topological polar surface area (TPSA) is 95.1 Å². The summed E-state index contributed by atoms with van der Waals surface area (Å²) in [5.74, 6) is -1.09. The Labute approximate surface area is 111 Å². The highest BCUT2D eigenvalue weighted by Gasteiger charge is 2.27. The van der Waals surface area contributed by atoms with Gasteiger partial charge in [-0.25, -0.2) is 9.78 Å². The standard InChI is InChI=1S/C13H19N3O3/c1-2-8-5-3-4-6-9(8)16-12(17)10-11(13(18)19)15-7-14-10/h7-9H,2-6H2,1H3,(H,14,15)(H,16,17)(H,18,19). The number of hydrogen-bond donors (Lipinski definition) is 3. The van der Waals surface area contributed by atoms with Crippen LogP contribution in [0.15, 0.2) is 6.33 Å². The molecular weight excluding hydrogens is 246 g/mol. The van der Waals surface area contributed by atoms with Gasteiger partial charge in [0.1, 0.15) is 0 Å². The molecule has 1 fully saturated rings. The maximum Gasteiger partial charge on any atom is 0.354 e. The van der Waals surface area contributed by atoms with Gasteiger partial charge < -0.3 is 15.4 Å². The third-order valence-corrected chi connectivity index (χ3v) is 3.82. The molecule has 0 saturated heterocycles. The van der Waals surface area contributed by atoms with Crippen LogP contribution in [0.1, 0.15) is 60.0 Å². The number of aromatic nitrogens is 2. The van der Waals surface area contributed by atoms with Gasteiger partial charge in [-0.2, -0.15) is 0 Å². The second-order valence-corrected chi connectivity index (χ2v) is 4.96. The smallest absolute Gasteiger partial charge is 0.354 e. The van der Waals surface area contributed by atoms with E-state index in [1.807, 2.05) is 0 Å². The first kappa shape index (κ1) is 13.6. The van der Waals surface area contributed by atoms with E-state index in [2.05, 4.69) is 22.2 Å². The second kappa shape index (κ2) is 5.86. The van der Waals surface area contributed by atoms with Gasteiger partial charge in [0.2, 0.25) is 0 Å².